The number of amides is 2. The lowest BCUT2D eigenvalue weighted by molar-refractivity contribution is -0.141. The number of hydrogen-bond acceptors (Lipinski definition) is 5. The molecule has 0 radical (unpaired) electrons. The van der Waals surface area contributed by atoms with Crippen LogP contribution in [0.15, 0.2) is 0 Å². The van der Waals surface area contributed by atoms with Gasteiger partial charge in [0, 0.05) is 24.9 Å². The van der Waals surface area contributed by atoms with Crippen molar-refractivity contribution < 1.29 is 23.9 Å². The molecule has 2 amide bonds. The second-order valence-electron chi connectivity index (χ2n) is 9.01. The Morgan fingerprint density at radius 3 is 2.08 bits per heavy atom. The number of hydrogen-bond donors (Lipinski definition) is 0. The minimum absolute atomic E-state index is 0.0918. The third-order valence-electron chi connectivity index (χ3n) is 4.65. The van der Waals surface area contributed by atoms with Gasteiger partial charge in [-0.15, -0.1) is 0 Å². The zero-order valence-electron chi connectivity index (χ0n) is 17.2. The number of likely N-dealkylation sites (tertiary alicyclic amines) is 1. The van der Waals surface area contributed by atoms with Crippen LogP contribution in [0.2, 0.25) is 0 Å². The van der Waals surface area contributed by atoms with Crippen LogP contribution in [0, 0.1) is 16.7 Å². The lowest BCUT2D eigenvalue weighted by Crippen LogP contribution is -2.36. The SMILES string of the molecule is CC(C)(C)C(=O)CCCOCCOCCN1C(=O)CC(C(C)(C)C)C1=O. The molecule has 0 aromatic rings. The molecule has 1 aliphatic rings. The van der Waals surface area contributed by atoms with Gasteiger partial charge in [0.05, 0.1) is 32.3 Å². The van der Waals surface area contributed by atoms with Gasteiger partial charge in [0.15, 0.2) is 0 Å². The van der Waals surface area contributed by atoms with Crippen molar-refractivity contribution in [1.82, 2.24) is 4.90 Å². The number of rotatable bonds is 10. The van der Waals surface area contributed by atoms with Crippen LogP contribution < -0.4 is 0 Å². The normalized spacial score (nSPS) is 18.7. The van der Waals surface area contributed by atoms with E-state index in [9.17, 15) is 14.4 Å². The fraction of sp³-hybridized carbons (Fsp3) is 0.850. The van der Waals surface area contributed by atoms with Crippen LogP contribution in [-0.4, -0.2) is 55.5 Å². The molecule has 0 spiro atoms. The highest BCUT2D eigenvalue weighted by molar-refractivity contribution is 6.03. The van der Waals surface area contributed by atoms with Crippen molar-refractivity contribution in [2.45, 2.75) is 60.8 Å². The molecule has 1 atom stereocenters. The lowest BCUT2D eigenvalue weighted by atomic mass is 9.80. The highest BCUT2D eigenvalue weighted by atomic mass is 16.5. The van der Waals surface area contributed by atoms with Gasteiger partial charge in [0.2, 0.25) is 11.8 Å². The summed E-state index contributed by atoms with van der Waals surface area (Å²) in [7, 11) is 0. The van der Waals surface area contributed by atoms with Gasteiger partial charge in [0.1, 0.15) is 5.78 Å². The molecule has 1 rings (SSSR count). The average Bonchev–Trinajstić information content (AvgIpc) is 2.79. The second-order valence-corrected chi connectivity index (χ2v) is 9.01. The van der Waals surface area contributed by atoms with Gasteiger partial charge >= 0.3 is 0 Å². The maximum Gasteiger partial charge on any atom is 0.233 e. The first-order valence-electron chi connectivity index (χ1n) is 9.47. The molecular formula is C20H35NO5. The molecular weight excluding hydrogens is 334 g/mol. The van der Waals surface area contributed by atoms with E-state index in [4.69, 9.17) is 9.47 Å². The molecule has 0 N–H and O–H groups in total. The number of ether oxygens (including phenoxy) is 2. The predicted molar refractivity (Wildman–Crippen MR) is 99.6 cm³/mol. The Balaban J connectivity index is 2.10. The molecule has 0 aromatic carbocycles. The number of imide groups is 1. The maximum absolute atomic E-state index is 12.3. The summed E-state index contributed by atoms with van der Waals surface area (Å²) in [4.78, 5) is 37.4. The smallest absolute Gasteiger partial charge is 0.233 e. The van der Waals surface area contributed by atoms with E-state index >= 15 is 0 Å². The molecule has 1 fully saturated rings. The Morgan fingerprint density at radius 1 is 1.00 bits per heavy atom. The molecule has 0 saturated carbocycles. The van der Waals surface area contributed by atoms with E-state index in [1.54, 1.807) is 0 Å². The maximum atomic E-state index is 12.3. The van der Waals surface area contributed by atoms with Crippen LogP contribution in [-0.2, 0) is 23.9 Å². The molecule has 0 aliphatic carbocycles. The lowest BCUT2D eigenvalue weighted by Gasteiger charge is -2.24. The zero-order valence-corrected chi connectivity index (χ0v) is 17.2. The standard InChI is InChI=1S/C20H35NO5/c1-19(2,3)15-14-17(23)21(18(15)24)9-11-26-13-12-25-10-7-8-16(22)20(4,5)6/h15H,7-14H2,1-6H3. The van der Waals surface area contributed by atoms with Crippen LogP contribution >= 0.6 is 0 Å². The first-order chi connectivity index (χ1) is 11.9. The molecule has 0 aromatic heterocycles. The van der Waals surface area contributed by atoms with Crippen molar-refractivity contribution in [3.8, 4) is 0 Å². The third kappa shape index (κ3) is 7.16. The van der Waals surface area contributed by atoms with Crippen LogP contribution in [0.1, 0.15) is 60.8 Å². The van der Waals surface area contributed by atoms with E-state index in [1.165, 1.54) is 4.90 Å². The topological polar surface area (TPSA) is 72.9 Å². The first kappa shape index (κ1) is 22.8. The first-order valence-corrected chi connectivity index (χ1v) is 9.47. The largest absolute Gasteiger partial charge is 0.379 e. The fourth-order valence-electron chi connectivity index (χ4n) is 2.78. The Kier molecular flexibility index (Phi) is 8.41. The average molecular weight is 370 g/mol. The van der Waals surface area contributed by atoms with Crippen molar-refractivity contribution in [3.63, 3.8) is 0 Å². The van der Waals surface area contributed by atoms with E-state index < -0.39 is 0 Å². The number of nitrogens with zero attached hydrogens (tertiary/aromatic N) is 1. The van der Waals surface area contributed by atoms with Gasteiger partial charge < -0.3 is 9.47 Å². The Morgan fingerprint density at radius 2 is 1.58 bits per heavy atom. The fourth-order valence-corrected chi connectivity index (χ4v) is 2.78. The molecule has 1 heterocycles. The van der Waals surface area contributed by atoms with E-state index in [-0.39, 0.29) is 34.3 Å². The summed E-state index contributed by atoms with van der Waals surface area (Å²) in [5.74, 6) is -0.204. The van der Waals surface area contributed by atoms with Gasteiger partial charge in [0.25, 0.3) is 0 Å². The van der Waals surface area contributed by atoms with Crippen molar-refractivity contribution in [2.75, 3.05) is 33.0 Å². The number of ketones is 1. The van der Waals surface area contributed by atoms with Crippen molar-refractivity contribution in [3.05, 3.63) is 0 Å². The second kappa shape index (κ2) is 9.60. The van der Waals surface area contributed by atoms with Crippen LogP contribution in [0.4, 0.5) is 0 Å². The highest BCUT2D eigenvalue weighted by Crippen LogP contribution is 2.35. The number of carbonyl (C=O) groups is 3. The van der Waals surface area contributed by atoms with Crippen molar-refractivity contribution in [2.24, 2.45) is 16.7 Å². The van der Waals surface area contributed by atoms with E-state index in [0.29, 0.717) is 52.2 Å². The van der Waals surface area contributed by atoms with Crippen LogP contribution in [0.25, 0.3) is 0 Å². The summed E-state index contributed by atoms with van der Waals surface area (Å²) < 4.78 is 10.9. The summed E-state index contributed by atoms with van der Waals surface area (Å²) in [6, 6.07) is 0. The summed E-state index contributed by atoms with van der Waals surface area (Å²) >= 11 is 0. The Bertz CT molecular complexity index is 501. The Labute approximate surface area is 157 Å². The number of carbonyl (C=O) groups excluding carboxylic acids is 3. The molecule has 0 bridgehead atoms. The minimum atomic E-state index is -0.292. The van der Waals surface area contributed by atoms with Gasteiger partial charge in [-0.25, -0.2) is 0 Å². The molecule has 26 heavy (non-hydrogen) atoms. The molecule has 6 nitrogen and oxygen atoms in total. The minimum Gasteiger partial charge on any atom is -0.379 e. The monoisotopic (exact) mass is 369 g/mol. The van der Waals surface area contributed by atoms with Crippen molar-refractivity contribution >= 4 is 17.6 Å². The third-order valence-corrected chi connectivity index (χ3v) is 4.65. The summed E-state index contributed by atoms with van der Waals surface area (Å²) in [6.45, 7) is 13.7. The summed E-state index contributed by atoms with van der Waals surface area (Å²) in [5.41, 5.74) is -0.496. The molecule has 150 valence electrons. The van der Waals surface area contributed by atoms with Gasteiger partial charge in [-0.1, -0.05) is 41.5 Å². The number of Topliss-reactive ketones (excluding diaryl/α,β-unsaturated/α-hetero) is 1. The predicted octanol–water partition coefficient (Wildman–Crippen LogP) is 2.84. The zero-order chi connectivity index (χ0) is 20.0. The molecule has 1 saturated heterocycles. The van der Waals surface area contributed by atoms with Gasteiger partial charge in [-0.05, 0) is 11.8 Å². The van der Waals surface area contributed by atoms with Crippen LogP contribution in [0.5, 0.6) is 0 Å². The summed E-state index contributed by atoms with van der Waals surface area (Å²) in [5, 5.41) is 0. The van der Waals surface area contributed by atoms with Gasteiger partial charge in [-0.2, -0.15) is 0 Å². The van der Waals surface area contributed by atoms with E-state index in [2.05, 4.69) is 0 Å². The molecule has 1 unspecified atom stereocenters. The molecule has 6 heteroatoms. The van der Waals surface area contributed by atoms with E-state index in [1.807, 2.05) is 41.5 Å². The summed E-state index contributed by atoms with van der Waals surface area (Å²) in [6.07, 6.45) is 1.53. The van der Waals surface area contributed by atoms with Crippen LogP contribution in [0.3, 0.4) is 0 Å². The molecule has 1 aliphatic heterocycles. The van der Waals surface area contributed by atoms with Gasteiger partial charge in [-0.3, -0.25) is 19.3 Å². The quantitative estimate of drug-likeness (QED) is 0.437. The van der Waals surface area contributed by atoms with E-state index in [0.717, 1.165) is 0 Å². The van der Waals surface area contributed by atoms with Crippen molar-refractivity contribution in [1.29, 1.82) is 0 Å². The highest BCUT2D eigenvalue weighted by Gasteiger charge is 2.44. The Hall–Kier alpha value is -1.27.